The summed E-state index contributed by atoms with van der Waals surface area (Å²) in [6.45, 7) is 0. The number of nitrogen functional groups attached to an aromatic ring is 1. The third-order valence-corrected chi connectivity index (χ3v) is 5.14. The summed E-state index contributed by atoms with van der Waals surface area (Å²) in [6, 6.07) is 10.3. The minimum Gasteiger partial charge on any atom is -0.396 e. The fourth-order valence-corrected chi connectivity index (χ4v) is 3.37. The highest BCUT2D eigenvalue weighted by molar-refractivity contribution is 6.39. The Bertz CT molecular complexity index is 1020. The Balaban J connectivity index is 1.67. The summed E-state index contributed by atoms with van der Waals surface area (Å²) in [5, 5.41) is 8.12. The van der Waals surface area contributed by atoms with Crippen molar-refractivity contribution in [1.82, 2.24) is 14.8 Å². The molecule has 3 aromatic rings. The third kappa shape index (κ3) is 3.60. The lowest BCUT2D eigenvalue weighted by molar-refractivity contribution is 0.101. The van der Waals surface area contributed by atoms with Gasteiger partial charge in [-0.2, -0.15) is 0 Å². The zero-order valence-corrected chi connectivity index (χ0v) is 16.2. The van der Waals surface area contributed by atoms with Gasteiger partial charge in [0, 0.05) is 11.6 Å². The smallest absolute Gasteiger partial charge is 0.295 e. The number of anilines is 2. The molecule has 2 aromatic carbocycles. The molecule has 1 aliphatic carbocycles. The van der Waals surface area contributed by atoms with Gasteiger partial charge in [0.1, 0.15) is 5.82 Å². The molecule has 138 valence electrons. The number of rotatable bonds is 4. The number of para-hydroxylation sites is 1. The van der Waals surface area contributed by atoms with Crippen LogP contribution in [0.2, 0.25) is 15.1 Å². The predicted octanol–water partition coefficient (Wildman–Crippen LogP) is 4.94. The van der Waals surface area contributed by atoms with Crippen molar-refractivity contribution in [2.75, 3.05) is 11.1 Å². The van der Waals surface area contributed by atoms with Crippen molar-refractivity contribution in [2.45, 2.75) is 18.8 Å². The monoisotopic (exact) mass is 421 g/mol. The first-order valence-electron chi connectivity index (χ1n) is 8.22. The maximum Gasteiger partial charge on any atom is 0.295 e. The van der Waals surface area contributed by atoms with Crippen LogP contribution < -0.4 is 11.1 Å². The number of nitrogens with zero attached hydrogens (tertiary/aromatic N) is 3. The van der Waals surface area contributed by atoms with Gasteiger partial charge in [0.25, 0.3) is 5.91 Å². The van der Waals surface area contributed by atoms with Crippen molar-refractivity contribution in [3.05, 3.63) is 63.1 Å². The second-order valence-electron chi connectivity index (χ2n) is 6.24. The van der Waals surface area contributed by atoms with E-state index in [9.17, 15) is 4.79 Å². The number of carbonyl (C=O) groups excluding carboxylic acids is 1. The molecular weight excluding hydrogens is 409 g/mol. The maximum atomic E-state index is 12.6. The number of benzene rings is 2. The Hall–Kier alpha value is -2.28. The van der Waals surface area contributed by atoms with Crippen molar-refractivity contribution in [3.8, 4) is 5.69 Å². The van der Waals surface area contributed by atoms with Crippen LogP contribution in [0.15, 0.2) is 36.4 Å². The molecule has 1 fully saturated rings. The van der Waals surface area contributed by atoms with E-state index in [1.807, 2.05) is 18.2 Å². The lowest BCUT2D eigenvalue weighted by Crippen LogP contribution is -2.14. The molecule has 1 aromatic heterocycles. The summed E-state index contributed by atoms with van der Waals surface area (Å²) < 4.78 is 1.64. The molecule has 0 atom stereocenters. The molecule has 1 amide bonds. The Labute approximate surface area is 170 Å². The molecule has 3 N–H and O–H groups in total. The van der Waals surface area contributed by atoms with Crippen LogP contribution in [0.1, 0.15) is 35.2 Å². The Morgan fingerprint density at radius 3 is 2.41 bits per heavy atom. The standard InChI is InChI=1S/C18H14Cl3N5O/c19-11-3-1-2-4-14(11)26-17(9-5-6-9)24-16(25-26)18(27)23-10-7-12(20)15(22)13(21)8-10/h1-4,7-9H,5-6,22H2,(H,23,27). The molecule has 4 rings (SSSR count). The number of aromatic nitrogens is 3. The Morgan fingerprint density at radius 1 is 1.11 bits per heavy atom. The van der Waals surface area contributed by atoms with Crippen LogP contribution in [0.5, 0.6) is 0 Å². The van der Waals surface area contributed by atoms with Gasteiger partial charge in [-0.05, 0) is 37.1 Å². The molecule has 0 aliphatic heterocycles. The number of nitrogens with one attached hydrogen (secondary N) is 1. The fraction of sp³-hybridized carbons (Fsp3) is 0.167. The molecular formula is C18H14Cl3N5O. The summed E-state index contributed by atoms with van der Waals surface area (Å²) in [5.41, 5.74) is 7.07. The second-order valence-corrected chi connectivity index (χ2v) is 7.46. The van der Waals surface area contributed by atoms with Gasteiger partial charge in [-0.1, -0.05) is 46.9 Å². The van der Waals surface area contributed by atoms with Crippen LogP contribution in [0.4, 0.5) is 11.4 Å². The third-order valence-electron chi connectivity index (χ3n) is 4.20. The van der Waals surface area contributed by atoms with E-state index in [1.165, 1.54) is 12.1 Å². The van der Waals surface area contributed by atoms with Crippen LogP contribution in [0, 0.1) is 0 Å². The average molecular weight is 423 g/mol. The lowest BCUT2D eigenvalue weighted by Gasteiger charge is -2.07. The molecule has 9 heteroatoms. The molecule has 27 heavy (non-hydrogen) atoms. The second kappa shape index (κ2) is 7.03. The molecule has 1 aliphatic rings. The van der Waals surface area contributed by atoms with Crippen molar-refractivity contribution in [2.24, 2.45) is 0 Å². The molecule has 0 saturated heterocycles. The summed E-state index contributed by atoms with van der Waals surface area (Å²) in [7, 11) is 0. The first kappa shape index (κ1) is 18.1. The lowest BCUT2D eigenvalue weighted by atomic mass is 10.3. The summed E-state index contributed by atoms with van der Waals surface area (Å²) in [4.78, 5) is 17.1. The van der Waals surface area contributed by atoms with Crippen molar-refractivity contribution in [3.63, 3.8) is 0 Å². The first-order valence-corrected chi connectivity index (χ1v) is 9.35. The van der Waals surface area contributed by atoms with Crippen LogP contribution in [0.25, 0.3) is 5.69 Å². The predicted molar refractivity (Wildman–Crippen MR) is 107 cm³/mol. The van der Waals surface area contributed by atoms with Crippen molar-refractivity contribution >= 4 is 52.1 Å². The fourth-order valence-electron chi connectivity index (χ4n) is 2.67. The topological polar surface area (TPSA) is 85.8 Å². The number of nitrogens with two attached hydrogens (primary N) is 1. The van der Waals surface area contributed by atoms with E-state index >= 15 is 0 Å². The number of halogens is 3. The van der Waals surface area contributed by atoms with Gasteiger partial charge in [-0.15, -0.1) is 5.10 Å². The Kier molecular flexibility index (Phi) is 4.72. The van der Waals surface area contributed by atoms with Gasteiger partial charge in [-0.3, -0.25) is 4.79 Å². The molecule has 1 saturated carbocycles. The zero-order valence-electron chi connectivity index (χ0n) is 13.9. The Morgan fingerprint density at radius 2 is 1.78 bits per heavy atom. The first-order chi connectivity index (χ1) is 12.9. The number of amides is 1. The minimum atomic E-state index is -0.473. The number of carbonyl (C=O) groups is 1. The van der Waals surface area contributed by atoms with Gasteiger partial charge >= 0.3 is 0 Å². The van der Waals surface area contributed by atoms with Gasteiger partial charge < -0.3 is 11.1 Å². The van der Waals surface area contributed by atoms with E-state index < -0.39 is 5.91 Å². The van der Waals surface area contributed by atoms with E-state index in [2.05, 4.69) is 15.4 Å². The van der Waals surface area contributed by atoms with Crippen molar-refractivity contribution in [1.29, 1.82) is 0 Å². The normalized spacial score (nSPS) is 13.6. The average Bonchev–Trinajstić information content (AvgIpc) is 3.38. The summed E-state index contributed by atoms with van der Waals surface area (Å²) >= 11 is 18.3. The van der Waals surface area contributed by atoms with Crippen LogP contribution in [0.3, 0.4) is 0 Å². The summed E-state index contributed by atoms with van der Waals surface area (Å²) in [5.74, 6) is 0.567. The molecule has 0 spiro atoms. The van der Waals surface area contributed by atoms with E-state index in [4.69, 9.17) is 40.5 Å². The van der Waals surface area contributed by atoms with Crippen LogP contribution in [-0.4, -0.2) is 20.7 Å². The van der Waals surface area contributed by atoms with E-state index in [0.717, 1.165) is 18.7 Å². The molecule has 6 nitrogen and oxygen atoms in total. The van der Waals surface area contributed by atoms with Gasteiger partial charge in [0.2, 0.25) is 5.82 Å². The highest BCUT2D eigenvalue weighted by atomic mass is 35.5. The quantitative estimate of drug-likeness (QED) is 0.583. The van der Waals surface area contributed by atoms with Crippen LogP contribution >= 0.6 is 34.8 Å². The molecule has 0 radical (unpaired) electrons. The molecule has 1 heterocycles. The van der Waals surface area contributed by atoms with Gasteiger partial charge in [-0.25, -0.2) is 9.67 Å². The maximum absolute atomic E-state index is 12.6. The minimum absolute atomic E-state index is 0.0425. The number of hydrogen-bond acceptors (Lipinski definition) is 4. The molecule has 0 bridgehead atoms. The zero-order chi connectivity index (χ0) is 19.1. The van der Waals surface area contributed by atoms with E-state index in [1.54, 1.807) is 10.7 Å². The highest BCUT2D eigenvalue weighted by Gasteiger charge is 2.32. The summed E-state index contributed by atoms with van der Waals surface area (Å²) in [6.07, 6.45) is 2.01. The van der Waals surface area contributed by atoms with E-state index in [-0.39, 0.29) is 27.5 Å². The van der Waals surface area contributed by atoms with Crippen LogP contribution in [-0.2, 0) is 0 Å². The SMILES string of the molecule is Nc1c(Cl)cc(NC(=O)c2nc(C3CC3)n(-c3ccccc3Cl)n2)cc1Cl. The largest absolute Gasteiger partial charge is 0.396 e. The van der Waals surface area contributed by atoms with Gasteiger partial charge in [0.15, 0.2) is 0 Å². The van der Waals surface area contributed by atoms with Crippen molar-refractivity contribution < 1.29 is 4.79 Å². The van der Waals surface area contributed by atoms with Gasteiger partial charge in [0.05, 0.1) is 26.4 Å². The number of hydrogen-bond donors (Lipinski definition) is 2. The molecule has 0 unspecified atom stereocenters. The van der Waals surface area contributed by atoms with E-state index in [0.29, 0.717) is 16.4 Å². The highest BCUT2D eigenvalue weighted by Crippen LogP contribution is 2.40.